The fraction of sp³-hybridized carbons (Fsp3) is 0.556. The molecule has 0 atom stereocenters. The van der Waals surface area contributed by atoms with Crippen molar-refractivity contribution in [2.45, 2.75) is 19.8 Å². The van der Waals surface area contributed by atoms with Crippen molar-refractivity contribution in [2.75, 3.05) is 19.0 Å². The normalized spacial score (nSPS) is 10.1. The van der Waals surface area contributed by atoms with Gasteiger partial charge in [0.05, 0.1) is 0 Å². The maximum absolute atomic E-state index is 11.2. The number of aromatic amines is 1. The molecule has 0 spiro atoms. The molecular formula is C9H15N3O. The van der Waals surface area contributed by atoms with Gasteiger partial charge in [-0.3, -0.25) is 9.78 Å². The van der Waals surface area contributed by atoms with Crippen LogP contribution < -0.4 is 10.5 Å². The van der Waals surface area contributed by atoms with E-state index in [9.17, 15) is 4.79 Å². The van der Waals surface area contributed by atoms with Crippen LogP contribution in [0.3, 0.4) is 0 Å². The first-order chi connectivity index (χ1) is 6.13. The van der Waals surface area contributed by atoms with E-state index in [1.165, 1.54) is 0 Å². The lowest BCUT2D eigenvalue weighted by Gasteiger charge is -2.10. The zero-order valence-corrected chi connectivity index (χ0v) is 8.29. The highest BCUT2D eigenvalue weighted by molar-refractivity contribution is 5.27. The summed E-state index contributed by atoms with van der Waals surface area (Å²) in [6, 6.07) is 1.55. The standard InChI is InChI=1S/C9H15N3O/c1-4-5-7-6-8(13)11-9(10-7)12(2)3/h6H,4-5H2,1-3H3,(H,10,11,13). The van der Waals surface area contributed by atoms with Crippen LogP contribution in [0.1, 0.15) is 19.0 Å². The first kappa shape index (κ1) is 9.77. The Kier molecular flexibility index (Phi) is 3.06. The molecule has 72 valence electrons. The minimum absolute atomic E-state index is 0.0813. The summed E-state index contributed by atoms with van der Waals surface area (Å²) in [5, 5.41) is 0. The molecule has 0 aliphatic rings. The maximum Gasteiger partial charge on any atom is 0.252 e. The zero-order valence-electron chi connectivity index (χ0n) is 8.29. The Labute approximate surface area is 77.6 Å². The number of hydrogen-bond donors (Lipinski definition) is 1. The van der Waals surface area contributed by atoms with Crippen LogP contribution in [0, 0.1) is 0 Å². The van der Waals surface area contributed by atoms with Crippen molar-refractivity contribution in [1.29, 1.82) is 0 Å². The zero-order chi connectivity index (χ0) is 9.84. The van der Waals surface area contributed by atoms with Crippen LogP contribution in [-0.4, -0.2) is 24.1 Å². The van der Waals surface area contributed by atoms with E-state index in [2.05, 4.69) is 16.9 Å². The van der Waals surface area contributed by atoms with Gasteiger partial charge in [0.25, 0.3) is 5.56 Å². The van der Waals surface area contributed by atoms with E-state index in [0.29, 0.717) is 5.95 Å². The Balaban J connectivity index is 3.04. The number of aromatic nitrogens is 2. The molecule has 1 heterocycles. The molecule has 13 heavy (non-hydrogen) atoms. The molecule has 0 amide bonds. The third-order valence-corrected chi connectivity index (χ3v) is 1.71. The van der Waals surface area contributed by atoms with E-state index in [4.69, 9.17) is 0 Å². The van der Waals surface area contributed by atoms with Crippen molar-refractivity contribution in [3.63, 3.8) is 0 Å². The topological polar surface area (TPSA) is 49.0 Å². The maximum atomic E-state index is 11.2. The molecule has 4 nitrogen and oxygen atoms in total. The first-order valence-corrected chi connectivity index (χ1v) is 4.41. The Bertz CT molecular complexity index is 330. The van der Waals surface area contributed by atoms with Crippen molar-refractivity contribution in [3.8, 4) is 0 Å². The summed E-state index contributed by atoms with van der Waals surface area (Å²) >= 11 is 0. The molecule has 1 aromatic rings. The minimum Gasteiger partial charge on any atom is -0.348 e. The quantitative estimate of drug-likeness (QED) is 0.750. The predicted octanol–water partition coefficient (Wildman–Crippen LogP) is 0.788. The van der Waals surface area contributed by atoms with Gasteiger partial charge in [0, 0.05) is 25.9 Å². The molecule has 1 aromatic heterocycles. The highest BCUT2D eigenvalue weighted by Crippen LogP contribution is 2.02. The van der Waals surface area contributed by atoms with E-state index in [-0.39, 0.29) is 5.56 Å². The Morgan fingerprint density at radius 1 is 1.54 bits per heavy atom. The number of hydrogen-bond acceptors (Lipinski definition) is 3. The molecule has 1 N–H and O–H groups in total. The van der Waals surface area contributed by atoms with Gasteiger partial charge < -0.3 is 4.90 Å². The van der Waals surface area contributed by atoms with Crippen LogP contribution >= 0.6 is 0 Å². The molecule has 0 unspecified atom stereocenters. The van der Waals surface area contributed by atoms with Crippen LogP contribution in [0.4, 0.5) is 5.95 Å². The van der Waals surface area contributed by atoms with E-state index < -0.39 is 0 Å². The third kappa shape index (κ3) is 2.57. The van der Waals surface area contributed by atoms with Gasteiger partial charge in [0.2, 0.25) is 5.95 Å². The highest BCUT2D eigenvalue weighted by atomic mass is 16.1. The van der Waals surface area contributed by atoms with Gasteiger partial charge in [0.1, 0.15) is 0 Å². The van der Waals surface area contributed by atoms with Gasteiger partial charge >= 0.3 is 0 Å². The molecule has 1 rings (SSSR count). The molecule has 0 saturated carbocycles. The lowest BCUT2D eigenvalue weighted by atomic mass is 10.2. The molecule has 0 radical (unpaired) electrons. The average Bonchev–Trinajstić information content (AvgIpc) is 2.03. The molecule has 0 saturated heterocycles. The monoisotopic (exact) mass is 181 g/mol. The third-order valence-electron chi connectivity index (χ3n) is 1.71. The van der Waals surface area contributed by atoms with Gasteiger partial charge in [-0.2, -0.15) is 0 Å². The molecule has 0 aliphatic heterocycles. The van der Waals surface area contributed by atoms with E-state index >= 15 is 0 Å². The van der Waals surface area contributed by atoms with Crippen molar-refractivity contribution in [3.05, 3.63) is 22.1 Å². The SMILES string of the molecule is CCCc1cc(=O)[nH]c(N(C)C)n1. The molecule has 0 aliphatic carbocycles. The van der Waals surface area contributed by atoms with Gasteiger partial charge in [-0.05, 0) is 6.42 Å². The summed E-state index contributed by atoms with van der Waals surface area (Å²) in [6.45, 7) is 2.07. The lowest BCUT2D eigenvalue weighted by molar-refractivity contribution is 0.853. The summed E-state index contributed by atoms with van der Waals surface area (Å²) in [7, 11) is 3.71. The minimum atomic E-state index is -0.0813. The summed E-state index contributed by atoms with van der Waals surface area (Å²) in [6.07, 6.45) is 1.86. The van der Waals surface area contributed by atoms with Crippen LogP contribution in [0.25, 0.3) is 0 Å². The van der Waals surface area contributed by atoms with Crippen molar-refractivity contribution < 1.29 is 0 Å². The second-order valence-electron chi connectivity index (χ2n) is 3.20. The number of rotatable bonds is 3. The van der Waals surface area contributed by atoms with Crippen LogP contribution in [0.2, 0.25) is 0 Å². The van der Waals surface area contributed by atoms with Crippen LogP contribution in [0.5, 0.6) is 0 Å². The second kappa shape index (κ2) is 4.07. The summed E-state index contributed by atoms with van der Waals surface area (Å²) < 4.78 is 0. The van der Waals surface area contributed by atoms with Crippen LogP contribution in [0.15, 0.2) is 10.9 Å². The Hall–Kier alpha value is -1.32. The van der Waals surface area contributed by atoms with Gasteiger partial charge in [-0.15, -0.1) is 0 Å². The average molecular weight is 181 g/mol. The van der Waals surface area contributed by atoms with Gasteiger partial charge in [0.15, 0.2) is 0 Å². The molecular weight excluding hydrogens is 166 g/mol. The summed E-state index contributed by atoms with van der Waals surface area (Å²) in [5.74, 6) is 0.621. The number of aryl methyl sites for hydroxylation is 1. The number of H-pyrrole nitrogens is 1. The largest absolute Gasteiger partial charge is 0.348 e. The number of nitrogens with zero attached hydrogens (tertiary/aromatic N) is 2. The number of nitrogens with one attached hydrogen (secondary N) is 1. The summed E-state index contributed by atoms with van der Waals surface area (Å²) in [4.78, 5) is 19.9. The van der Waals surface area contributed by atoms with Crippen LogP contribution in [-0.2, 0) is 6.42 Å². The fourth-order valence-electron chi connectivity index (χ4n) is 1.09. The highest BCUT2D eigenvalue weighted by Gasteiger charge is 2.01. The van der Waals surface area contributed by atoms with Crippen molar-refractivity contribution in [2.24, 2.45) is 0 Å². The Morgan fingerprint density at radius 3 is 2.77 bits per heavy atom. The number of anilines is 1. The lowest BCUT2D eigenvalue weighted by Crippen LogP contribution is -2.19. The van der Waals surface area contributed by atoms with E-state index in [1.54, 1.807) is 11.0 Å². The van der Waals surface area contributed by atoms with E-state index in [0.717, 1.165) is 18.5 Å². The molecule has 4 heteroatoms. The first-order valence-electron chi connectivity index (χ1n) is 4.41. The fourth-order valence-corrected chi connectivity index (χ4v) is 1.09. The van der Waals surface area contributed by atoms with Crippen molar-refractivity contribution in [1.82, 2.24) is 9.97 Å². The molecule has 0 fully saturated rings. The van der Waals surface area contributed by atoms with Crippen molar-refractivity contribution >= 4 is 5.95 Å². The Morgan fingerprint density at radius 2 is 2.23 bits per heavy atom. The predicted molar refractivity (Wildman–Crippen MR) is 53.2 cm³/mol. The van der Waals surface area contributed by atoms with Gasteiger partial charge in [-0.1, -0.05) is 13.3 Å². The summed E-state index contributed by atoms with van der Waals surface area (Å²) in [5.41, 5.74) is 0.775. The van der Waals surface area contributed by atoms with E-state index in [1.807, 2.05) is 14.1 Å². The molecule has 0 bridgehead atoms. The second-order valence-corrected chi connectivity index (χ2v) is 3.20. The molecule has 0 aromatic carbocycles. The van der Waals surface area contributed by atoms with Gasteiger partial charge in [-0.25, -0.2) is 4.98 Å². The smallest absolute Gasteiger partial charge is 0.252 e.